The van der Waals surface area contributed by atoms with Crippen LogP contribution in [0.3, 0.4) is 0 Å². The van der Waals surface area contributed by atoms with Gasteiger partial charge in [0.15, 0.2) is 0 Å². The Kier molecular flexibility index (Phi) is 9.40. The van der Waals surface area contributed by atoms with Crippen LogP contribution in [-0.4, -0.2) is 19.5 Å². The van der Waals surface area contributed by atoms with Gasteiger partial charge in [0.2, 0.25) is 0 Å². The number of nitrogens with zero attached hydrogens (tertiary/aromatic N) is 4. The predicted molar refractivity (Wildman–Crippen MR) is 237 cm³/mol. The first-order chi connectivity index (χ1) is 28.2. The van der Waals surface area contributed by atoms with Gasteiger partial charge >= 0.3 is 0 Å². The molecule has 9 rings (SSSR count). The third-order valence-corrected chi connectivity index (χ3v) is 12.1. The molecule has 4 aromatic heterocycles. The Morgan fingerprint density at radius 3 is 1.74 bits per heavy atom. The van der Waals surface area contributed by atoms with Gasteiger partial charge in [-0.05, 0) is 90.4 Å². The van der Waals surface area contributed by atoms with Crippen LogP contribution in [0.5, 0.6) is 0 Å². The lowest BCUT2D eigenvalue weighted by atomic mass is 9.73. The average Bonchev–Trinajstić information content (AvgIpc) is 3.89. The van der Waals surface area contributed by atoms with Crippen LogP contribution in [0.4, 0.5) is 0 Å². The molecule has 0 aliphatic heterocycles. The number of hydrogen-bond acceptors (Lipinski definition) is 4. The zero-order chi connectivity index (χ0) is 40.0. The van der Waals surface area contributed by atoms with Gasteiger partial charge < -0.3 is 4.42 Å². The van der Waals surface area contributed by atoms with Gasteiger partial charge in [0.05, 0.1) is 33.6 Å². The van der Waals surface area contributed by atoms with E-state index in [1.54, 1.807) is 0 Å². The smallest absolute Gasteiger partial charge is 0.144 e. The maximum absolute atomic E-state index is 6.81. The molecule has 286 valence electrons. The van der Waals surface area contributed by atoms with Crippen molar-refractivity contribution in [1.82, 2.24) is 19.5 Å². The van der Waals surface area contributed by atoms with Gasteiger partial charge in [0, 0.05) is 40.5 Å². The molecule has 0 N–H and O–H groups in total. The number of furan rings is 1. The molecule has 1 unspecified atom stereocenters. The van der Waals surface area contributed by atoms with Crippen molar-refractivity contribution < 1.29 is 4.42 Å². The first-order valence-electron chi connectivity index (χ1n) is 20.3. The van der Waals surface area contributed by atoms with E-state index in [-0.39, 0.29) is 11.8 Å². The molecule has 0 fully saturated rings. The van der Waals surface area contributed by atoms with Crippen LogP contribution in [0.15, 0.2) is 175 Å². The van der Waals surface area contributed by atoms with Gasteiger partial charge in [-0.25, -0.2) is 4.98 Å². The zero-order valence-electron chi connectivity index (χ0n) is 34.0. The van der Waals surface area contributed by atoms with Crippen molar-refractivity contribution >= 4 is 21.9 Å². The molecule has 0 saturated heterocycles. The molecular weight excluding hydrogens is 709 g/mol. The standard InChI is InChI=1S/C53H48N4O/c1-35(2)42-33-43-41-26-13-14-27-44(41)58-50(43)48(36(3)4)49(42)57-34-47(53(6,39-23-11-8-12-24-39)46-29-16-18-31-55-46)56-51(57)37-20-19-25-40(32-37)52(5,38-21-9-7-10-22-38)45-28-15-17-30-54-45/h7-36H,1-6H3/t52?,53-/m1/s1. The average molecular weight is 757 g/mol. The summed E-state index contributed by atoms with van der Waals surface area (Å²) < 4.78 is 9.17. The fourth-order valence-corrected chi connectivity index (χ4v) is 8.85. The summed E-state index contributed by atoms with van der Waals surface area (Å²) in [7, 11) is 0. The van der Waals surface area contributed by atoms with E-state index in [1.165, 1.54) is 16.7 Å². The summed E-state index contributed by atoms with van der Waals surface area (Å²) in [5.41, 5.74) is 11.4. The van der Waals surface area contributed by atoms with Gasteiger partial charge in [-0.2, -0.15) is 0 Å². The van der Waals surface area contributed by atoms with E-state index in [9.17, 15) is 0 Å². The molecule has 9 aromatic rings. The Hall–Kier alpha value is -6.59. The van der Waals surface area contributed by atoms with Gasteiger partial charge in [0.25, 0.3) is 0 Å². The number of imidazole rings is 1. The van der Waals surface area contributed by atoms with E-state index < -0.39 is 10.8 Å². The minimum absolute atomic E-state index is 0.142. The quantitative estimate of drug-likeness (QED) is 0.139. The second kappa shape index (κ2) is 14.7. The topological polar surface area (TPSA) is 56.7 Å². The minimum Gasteiger partial charge on any atom is -0.456 e. The van der Waals surface area contributed by atoms with Crippen molar-refractivity contribution in [2.45, 2.75) is 64.2 Å². The Morgan fingerprint density at radius 1 is 0.534 bits per heavy atom. The Bertz CT molecular complexity index is 2780. The number of rotatable bonds is 10. The maximum Gasteiger partial charge on any atom is 0.144 e. The van der Waals surface area contributed by atoms with Crippen LogP contribution >= 0.6 is 0 Å². The first-order valence-corrected chi connectivity index (χ1v) is 20.3. The molecule has 2 atom stereocenters. The van der Waals surface area contributed by atoms with E-state index in [2.05, 4.69) is 186 Å². The summed E-state index contributed by atoms with van der Waals surface area (Å²) in [6, 6.07) is 53.3. The van der Waals surface area contributed by atoms with E-state index in [0.29, 0.717) is 0 Å². The zero-order valence-corrected chi connectivity index (χ0v) is 34.0. The lowest BCUT2D eigenvalue weighted by Gasteiger charge is -2.31. The summed E-state index contributed by atoms with van der Waals surface area (Å²) in [4.78, 5) is 15.7. The van der Waals surface area contributed by atoms with E-state index in [0.717, 1.165) is 67.2 Å². The molecule has 5 aromatic carbocycles. The summed E-state index contributed by atoms with van der Waals surface area (Å²) in [6.45, 7) is 13.6. The summed E-state index contributed by atoms with van der Waals surface area (Å²) in [5.74, 6) is 1.20. The second-order valence-corrected chi connectivity index (χ2v) is 16.3. The highest BCUT2D eigenvalue weighted by atomic mass is 16.3. The number of para-hydroxylation sites is 1. The third-order valence-electron chi connectivity index (χ3n) is 12.1. The molecule has 0 amide bonds. The lowest BCUT2D eigenvalue weighted by Crippen LogP contribution is -2.27. The largest absolute Gasteiger partial charge is 0.456 e. The summed E-state index contributed by atoms with van der Waals surface area (Å²) >= 11 is 0. The molecule has 5 heteroatoms. The van der Waals surface area contributed by atoms with Gasteiger partial charge in [-0.3, -0.25) is 14.5 Å². The molecule has 0 aliphatic carbocycles. The number of hydrogen-bond donors (Lipinski definition) is 0. The molecule has 0 aliphatic rings. The van der Waals surface area contributed by atoms with Crippen LogP contribution in [0.1, 0.15) is 98.3 Å². The highest BCUT2D eigenvalue weighted by molar-refractivity contribution is 6.07. The first kappa shape index (κ1) is 37.0. The SMILES string of the molecule is CC(C)c1cc2c(oc3ccccc32)c(C(C)C)c1-n1cc([C@](C)(c2ccccc2)c2ccccn2)nc1-c1cccc(C(C)(c2ccccc2)c2ccccn2)c1. The molecule has 0 bridgehead atoms. The van der Waals surface area contributed by atoms with Crippen molar-refractivity contribution in [2.75, 3.05) is 0 Å². The predicted octanol–water partition coefficient (Wildman–Crippen LogP) is 13.2. The van der Waals surface area contributed by atoms with E-state index >= 15 is 0 Å². The van der Waals surface area contributed by atoms with Crippen LogP contribution in [0.2, 0.25) is 0 Å². The van der Waals surface area contributed by atoms with Crippen LogP contribution in [0, 0.1) is 0 Å². The maximum atomic E-state index is 6.81. The van der Waals surface area contributed by atoms with Crippen LogP contribution < -0.4 is 0 Å². The molecule has 0 radical (unpaired) electrons. The molecule has 0 saturated carbocycles. The highest BCUT2D eigenvalue weighted by Gasteiger charge is 2.38. The van der Waals surface area contributed by atoms with Crippen molar-refractivity contribution in [1.29, 1.82) is 0 Å². The van der Waals surface area contributed by atoms with Crippen LogP contribution in [0.25, 0.3) is 39.0 Å². The van der Waals surface area contributed by atoms with Gasteiger partial charge in [0.1, 0.15) is 17.0 Å². The summed E-state index contributed by atoms with van der Waals surface area (Å²) in [6.07, 6.45) is 6.03. The number of pyridine rings is 2. The Balaban J connectivity index is 1.38. The minimum atomic E-state index is -0.675. The van der Waals surface area contributed by atoms with E-state index in [4.69, 9.17) is 19.4 Å². The Morgan fingerprint density at radius 2 is 1.12 bits per heavy atom. The summed E-state index contributed by atoms with van der Waals surface area (Å²) in [5, 5.41) is 2.28. The van der Waals surface area contributed by atoms with Crippen molar-refractivity contribution in [3.63, 3.8) is 0 Å². The normalized spacial score (nSPS) is 13.9. The molecule has 58 heavy (non-hydrogen) atoms. The lowest BCUT2D eigenvalue weighted by molar-refractivity contribution is 0.644. The molecule has 5 nitrogen and oxygen atoms in total. The molecular formula is C53H48N4O. The molecule has 4 heterocycles. The highest BCUT2D eigenvalue weighted by Crippen LogP contribution is 2.46. The van der Waals surface area contributed by atoms with Crippen molar-refractivity contribution in [2.24, 2.45) is 0 Å². The van der Waals surface area contributed by atoms with Gasteiger partial charge in [-0.1, -0.05) is 137 Å². The number of fused-ring (bicyclic) bond motifs is 3. The van der Waals surface area contributed by atoms with Crippen molar-refractivity contribution in [3.8, 4) is 17.1 Å². The fraction of sp³-hybridized carbons (Fsp3) is 0.189. The van der Waals surface area contributed by atoms with Gasteiger partial charge in [-0.15, -0.1) is 0 Å². The number of aromatic nitrogens is 4. The number of benzene rings is 5. The third kappa shape index (κ3) is 6.04. The van der Waals surface area contributed by atoms with Crippen LogP contribution in [-0.2, 0) is 10.8 Å². The molecule has 0 spiro atoms. The monoisotopic (exact) mass is 756 g/mol. The van der Waals surface area contributed by atoms with E-state index in [1.807, 2.05) is 30.6 Å². The Labute approximate surface area is 341 Å². The fourth-order valence-electron chi connectivity index (χ4n) is 8.85. The van der Waals surface area contributed by atoms with Crippen molar-refractivity contribution in [3.05, 3.63) is 215 Å². The second-order valence-electron chi connectivity index (χ2n) is 16.3.